The zero-order chi connectivity index (χ0) is 15.1. The fourth-order valence-electron chi connectivity index (χ4n) is 1.56. The van der Waals surface area contributed by atoms with E-state index in [4.69, 9.17) is 21.1 Å². The Hall–Kier alpha value is -1.86. The molecule has 8 heteroatoms. The topological polar surface area (TPSA) is 90.7 Å². The van der Waals surface area contributed by atoms with Gasteiger partial charge in [0.05, 0.1) is 24.7 Å². The van der Waals surface area contributed by atoms with Gasteiger partial charge in [0.1, 0.15) is 0 Å². The van der Waals surface area contributed by atoms with Crippen LogP contribution >= 0.6 is 11.6 Å². The lowest BCUT2D eigenvalue weighted by Crippen LogP contribution is -2.39. The van der Waals surface area contributed by atoms with Crippen LogP contribution in [0.25, 0.3) is 0 Å². The SMILES string of the molecule is COCC(CCl)NC(=O)c1ccc([N+](=O)[O-])c(OC)c1. The number of alkyl halides is 1. The Morgan fingerprint density at radius 3 is 2.70 bits per heavy atom. The van der Waals surface area contributed by atoms with E-state index in [2.05, 4.69) is 5.32 Å². The maximum Gasteiger partial charge on any atom is 0.310 e. The summed E-state index contributed by atoms with van der Waals surface area (Å²) in [4.78, 5) is 22.2. The molecule has 20 heavy (non-hydrogen) atoms. The summed E-state index contributed by atoms with van der Waals surface area (Å²) in [5, 5.41) is 13.4. The molecule has 7 nitrogen and oxygen atoms in total. The molecule has 0 spiro atoms. The molecule has 0 bridgehead atoms. The van der Waals surface area contributed by atoms with E-state index in [1.54, 1.807) is 0 Å². The summed E-state index contributed by atoms with van der Waals surface area (Å²) in [6.07, 6.45) is 0. The third kappa shape index (κ3) is 4.07. The molecule has 0 saturated carbocycles. The Labute approximate surface area is 121 Å². The van der Waals surface area contributed by atoms with Crippen LogP contribution in [0.2, 0.25) is 0 Å². The van der Waals surface area contributed by atoms with Gasteiger partial charge in [-0.3, -0.25) is 14.9 Å². The fourth-order valence-corrected chi connectivity index (χ4v) is 1.73. The number of rotatable bonds is 7. The maximum atomic E-state index is 12.0. The van der Waals surface area contributed by atoms with Crippen molar-refractivity contribution in [3.8, 4) is 5.75 Å². The lowest BCUT2D eigenvalue weighted by molar-refractivity contribution is -0.385. The Kier molecular flexibility index (Phi) is 6.20. The Morgan fingerprint density at radius 2 is 2.20 bits per heavy atom. The van der Waals surface area contributed by atoms with Gasteiger partial charge in [0.15, 0.2) is 5.75 Å². The summed E-state index contributed by atoms with van der Waals surface area (Å²) < 4.78 is 9.82. The summed E-state index contributed by atoms with van der Waals surface area (Å²) >= 11 is 5.69. The summed E-state index contributed by atoms with van der Waals surface area (Å²) in [5.41, 5.74) is 0.0495. The predicted octanol–water partition coefficient (Wildman–Crippen LogP) is 1.59. The summed E-state index contributed by atoms with van der Waals surface area (Å²) in [6, 6.07) is 3.55. The minimum Gasteiger partial charge on any atom is -0.490 e. The second kappa shape index (κ2) is 7.66. The number of ether oxygens (including phenoxy) is 2. The lowest BCUT2D eigenvalue weighted by atomic mass is 10.1. The standard InChI is InChI=1S/C12H15ClN2O5/c1-19-7-9(6-13)14-12(16)8-3-4-10(15(17)18)11(5-8)20-2/h3-5,9H,6-7H2,1-2H3,(H,14,16). The normalized spacial score (nSPS) is 11.8. The molecule has 0 fully saturated rings. The van der Waals surface area contributed by atoms with Crippen LogP contribution in [0, 0.1) is 10.1 Å². The van der Waals surface area contributed by atoms with Crippen LogP contribution in [0.15, 0.2) is 18.2 Å². The molecule has 1 aromatic carbocycles. The van der Waals surface area contributed by atoms with Gasteiger partial charge in [-0.05, 0) is 6.07 Å². The van der Waals surface area contributed by atoms with Gasteiger partial charge < -0.3 is 14.8 Å². The van der Waals surface area contributed by atoms with Gasteiger partial charge in [-0.25, -0.2) is 0 Å². The molecule has 110 valence electrons. The first-order chi connectivity index (χ1) is 9.53. The van der Waals surface area contributed by atoms with E-state index in [9.17, 15) is 14.9 Å². The lowest BCUT2D eigenvalue weighted by Gasteiger charge is -2.15. The number of carbonyl (C=O) groups is 1. The van der Waals surface area contributed by atoms with Crippen LogP contribution in [0.4, 0.5) is 5.69 Å². The summed E-state index contributed by atoms with van der Waals surface area (Å²) in [6.45, 7) is 0.277. The molecule has 0 aliphatic carbocycles. The van der Waals surface area contributed by atoms with Crippen LogP contribution in [0.5, 0.6) is 5.75 Å². The summed E-state index contributed by atoms with van der Waals surface area (Å²) in [5.74, 6) is -0.179. The van der Waals surface area contributed by atoms with Crippen LogP contribution in [-0.4, -0.2) is 43.6 Å². The van der Waals surface area contributed by atoms with Crippen molar-refractivity contribution in [2.45, 2.75) is 6.04 Å². The number of nitrogens with one attached hydrogen (secondary N) is 1. The Balaban J connectivity index is 2.91. The molecule has 1 unspecified atom stereocenters. The molecule has 0 radical (unpaired) electrons. The summed E-state index contributed by atoms with van der Waals surface area (Å²) in [7, 11) is 2.80. The number of halogens is 1. The molecule has 0 heterocycles. The van der Waals surface area contributed by atoms with Crippen LogP contribution < -0.4 is 10.1 Å². The molecule has 1 aromatic rings. The van der Waals surface area contributed by atoms with E-state index in [0.29, 0.717) is 0 Å². The third-order valence-electron chi connectivity index (χ3n) is 2.53. The number of amides is 1. The van der Waals surface area contributed by atoms with Gasteiger partial charge in [0.2, 0.25) is 0 Å². The molecule has 0 aliphatic rings. The average molecular weight is 303 g/mol. The van der Waals surface area contributed by atoms with Gasteiger partial charge in [0, 0.05) is 30.7 Å². The highest BCUT2D eigenvalue weighted by Crippen LogP contribution is 2.27. The van der Waals surface area contributed by atoms with E-state index < -0.39 is 10.8 Å². The molecular formula is C12H15ClN2O5. The Bertz CT molecular complexity index is 495. The smallest absolute Gasteiger partial charge is 0.310 e. The van der Waals surface area contributed by atoms with E-state index in [-0.39, 0.29) is 35.5 Å². The fraction of sp³-hybridized carbons (Fsp3) is 0.417. The number of nitro groups is 1. The number of hydrogen-bond acceptors (Lipinski definition) is 5. The van der Waals surface area contributed by atoms with Crippen molar-refractivity contribution in [3.63, 3.8) is 0 Å². The number of nitro benzene ring substituents is 1. The first kappa shape index (κ1) is 16.2. The van der Waals surface area contributed by atoms with Crippen LogP contribution in [0.1, 0.15) is 10.4 Å². The van der Waals surface area contributed by atoms with E-state index >= 15 is 0 Å². The van der Waals surface area contributed by atoms with Crippen molar-refractivity contribution < 1.29 is 19.2 Å². The zero-order valence-electron chi connectivity index (χ0n) is 11.1. The molecule has 0 aromatic heterocycles. The zero-order valence-corrected chi connectivity index (χ0v) is 11.8. The monoisotopic (exact) mass is 302 g/mol. The average Bonchev–Trinajstić information content (AvgIpc) is 2.45. The predicted molar refractivity (Wildman–Crippen MR) is 73.5 cm³/mol. The van der Waals surface area contributed by atoms with Gasteiger partial charge in [0.25, 0.3) is 5.91 Å². The molecule has 0 aliphatic heterocycles. The van der Waals surface area contributed by atoms with Crippen LogP contribution in [0.3, 0.4) is 0 Å². The van der Waals surface area contributed by atoms with Gasteiger partial charge in [-0.1, -0.05) is 0 Å². The van der Waals surface area contributed by atoms with Crippen molar-refractivity contribution in [1.29, 1.82) is 0 Å². The number of carbonyl (C=O) groups excluding carboxylic acids is 1. The van der Waals surface area contributed by atoms with Gasteiger partial charge >= 0.3 is 5.69 Å². The minimum absolute atomic E-state index is 0.0248. The maximum absolute atomic E-state index is 12.0. The van der Waals surface area contributed by atoms with E-state index in [0.717, 1.165) is 0 Å². The largest absolute Gasteiger partial charge is 0.490 e. The van der Waals surface area contributed by atoms with Crippen LogP contribution in [-0.2, 0) is 4.74 Å². The molecule has 1 rings (SSSR count). The minimum atomic E-state index is -0.576. The van der Waals surface area contributed by atoms with E-state index in [1.807, 2.05) is 0 Å². The highest BCUT2D eigenvalue weighted by atomic mass is 35.5. The molecular weight excluding hydrogens is 288 g/mol. The molecule has 1 N–H and O–H groups in total. The second-order valence-corrected chi connectivity index (χ2v) is 4.23. The molecule has 1 amide bonds. The number of hydrogen-bond donors (Lipinski definition) is 1. The highest BCUT2D eigenvalue weighted by Gasteiger charge is 2.19. The third-order valence-corrected chi connectivity index (χ3v) is 2.90. The van der Waals surface area contributed by atoms with Crippen molar-refractivity contribution in [2.75, 3.05) is 26.7 Å². The van der Waals surface area contributed by atoms with Crippen molar-refractivity contribution in [2.24, 2.45) is 0 Å². The van der Waals surface area contributed by atoms with Gasteiger partial charge in [-0.2, -0.15) is 0 Å². The molecule has 1 atom stereocenters. The van der Waals surface area contributed by atoms with Crippen molar-refractivity contribution in [1.82, 2.24) is 5.32 Å². The number of methoxy groups -OCH3 is 2. The highest BCUT2D eigenvalue weighted by molar-refractivity contribution is 6.18. The van der Waals surface area contributed by atoms with Gasteiger partial charge in [-0.15, -0.1) is 11.6 Å². The Morgan fingerprint density at radius 1 is 1.50 bits per heavy atom. The van der Waals surface area contributed by atoms with E-state index in [1.165, 1.54) is 32.4 Å². The first-order valence-electron chi connectivity index (χ1n) is 5.71. The van der Waals surface area contributed by atoms with Crippen molar-refractivity contribution in [3.05, 3.63) is 33.9 Å². The second-order valence-electron chi connectivity index (χ2n) is 3.92. The van der Waals surface area contributed by atoms with Crippen molar-refractivity contribution >= 4 is 23.2 Å². The number of nitrogens with zero attached hydrogens (tertiary/aromatic N) is 1. The molecule has 0 saturated heterocycles. The quantitative estimate of drug-likeness (QED) is 0.469. The number of benzene rings is 1. The first-order valence-corrected chi connectivity index (χ1v) is 6.25.